The molecule has 0 heterocycles. The van der Waals surface area contributed by atoms with Crippen LogP contribution in [0.4, 0.5) is 0 Å². The van der Waals surface area contributed by atoms with Crippen LogP contribution in [-0.2, 0) is 4.79 Å². The van der Waals surface area contributed by atoms with Crippen molar-refractivity contribution in [2.75, 3.05) is 0 Å². The van der Waals surface area contributed by atoms with Gasteiger partial charge >= 0.3 is 5.97 Å². The molecule has 1 aliphatic carbocycles. The molecular formula is C11H22BNO2. The molecule has 0 aromatic heterocycles. The Morgan fingerprint density at radius 3 is 2.80 bits per heavy atom. The fourth-order valence-electron chi connectivity index (χ4n) is 2.58. The van der Waals surface area contributed by atoms with Gasteiger partial charge in [0.1, 0.15) is 13.4 Å². The number of hydrogen-bond acceptors (Lipinski definition) is 2. The minimum absolute atomic E-state index is 0.178. The van der Waals surface area contributed by atoms with Crippen molar-refractivity contribution in [1.29, 1.82) is 0 Å². The van der Waals surface area contributed by atoms with Crippen LogP contribution in [0.3, 0.4) is 0 Å². The quantitative estimate of drug-likeness (QED) is 0.542. The van der Waals surface area contributed by atoms with Crippen molar-refractivity contribution in [2.24, 2.45) is 11.7 Å². The highest BCUT2D eigenvalue weighted by molar-refractivity contribution is 6.08. The summed E-state index contributed by atoms with van der Waals surface area (Å²) in [5.74, 6) is -0.622. The summed E-state index contributed by atoms with van der Waals surface area (Å²) in [6.45, 7) is 0. The lowest BCUT2D eigenvalue weighted by atomic mass is 9.77. The summed E-state index contributed by atoms with van der Waals surface area (Å²) in [6, 6.07) is 0. The van der Waals surface area contributed by atoms with E-state index >= 15 is 0 Å². The van der Waals surface area contributed by atoms with Gasteiger partial charge in [-0.15, -0.1) is 0 Å². The number of rotatable bonds is 4. The zero-order valence-electron chi connectivity index (χ0n) is 9.67. The van der Waals surface area contributed by atoms with E-state index in [1.807, 2.05) is 0 Å². The number of carboxylic acids is 1. The molecule has 0 amide bonds. The van der Waals surface area contributed by atoms with Crippen LogP contribution in [0.25, 0.3) is 0 Å². The largest absolute Gasteiger partial charge is 0.480 e. The Morgan fingerprint density at radius 1 is 1.47 bits per heavy atom. The monoisotopic (exact) mass is 211 g/mol. The van der Waals surface area contributed by atoms with Crippen molar-refractivity contribution >= 4 is 13.8 Å². The third-order valence-electron chi connectivity index (χ3n) is 3.68. The van der Waals surface area contributed by atoms with Crippen LogP contribution in [-0.4, -0.2) is 24.5 Å². The topological polar surface area (TPSA) is 63.3 Å². The molecule has 0 aliphatic heterocycles. The van der Waals surface area contributed by atoms with Gasteiger partial charge in [0.25, 0.3) is 0 Å². The summed E-state index contributed by atoms with van der Waals surface area (Å²) in [5.41, 5.74) is 5.13. The van der Waals surface area contributed by atoms with Gasteiger partial charge < -0.3 is 10.8 Å². The molecule has 0 unspecified atom stereocenters. The molecule has 0 aromatic rings. The minimum atomic E-state index is -0.953. The van der Waals surface area contributed by atoms with E-state index in [4.69, 9.17) is 5.73 Å². The second kappa shape index (κ2) is 5.54. The van der Waals surface area contributed by atoms with E-state index in [0.717, 1.165) is 44.8 Å². The Labute approximate surface area is 92.8 Å². The molecule has 1 aliphatic rings. The standard InChI is InChI=1S/C11H22BNO2/c12-8-4-6-9-5-2-1-3-7-11(9,13)10(14)15/h9H,1-8,12-13H2,(H,14,15)/t9-,11-/m0/s1. The van der Waals surface area contributed by atoms with Gasteiger partial charge in [0.2, 0.25) is 0 Å². The molecule has 4 heteroatoms. The van der Waals surface area contributed by atoms with Crippen LogP contribution in [0.2, 0.25) is 6.32 Å². The Bertz CT molecular complexity index is 223. The summed E-state index contributed by atoms with van der Waals surface area (Å²) >= 11 is 0. The molecule has 0 bridgehead atoms. The van der Waals surface area contributed by atoms with Gasteiger partial charge in [0.15, 0.2) is 0 Å². The third kappa shape index (κ3) is 2.97. The highest BCUT2D eigenvalue weighted by Gasteiger charge is 2.41. The summed E-state index contributed by atoms with van der Waals surface area (Å²) < 4.78 is 0. The average Bonchev–Trinajstić information content (AvgIpc) is 2.38. The number of hydrogen-bond donors (Lipinski definition) is 2. The molecule has 0 spiro atoms. The maximum Gasteiger partial charge on any atom is 0.323 e. The normalized spacial score (nSPS) is 32.2. The number of carboxylic acid groups (broad SMARTS) is 1. The molecule has 3 N–H and O–H groups in total. The van der Waals surface area contributed by atoms with Crippen LogP contribution in [0.5, 0.6) is 0 Å². The molecular weight excluding hydrogens is 189 g/mol. The second-order valence-electron chi connectivity index (χ2n) is 4.78. The molecule has 1 fully saturated rings. The zero-order valence-corrected chi connectivity index (χ0v) is 9.67. The molecule has 0 saturated heterocycles. The molecule has 0 aromatic carbocycles. The molecule has 1 saturated carbocycles. The van der Waals surface area contributed by atoms with Crippen LogP contribution in [0, 0.1) is 5.92 Å². The maximum atomic E-state index is 11.3. The van der Waals surface area contributed by atoms with Gasteiger partial charge in [0.05, 0.1) is 0 Å². The Kier molecular flexibility index (Phi) is 4.64. The van der Waals surface area contributed by atoms with Crippen molar-refractivity contribution in [3.05, 3.63) is 0 Å². The van der Waals surface area contributed by atoms with E-state index in [1.165, 1.54) is 0 Å². The van der Waals surface area contributed by atoms with E-state index in [0.29, 0.717) is 6.42 Å². The first-order valence-corrected chi connectivity index (χ1v) is 6.13. The van der Waals surface area contributed by atoms with Crippen molar-refractivity contribution < 1.29 is 9.90 Å². The average molecular weight is 211 g/mol. The Balaban J connectivity index is 2.71. The second-order valence-corrected chi connectivity index (χ2v) is 4.78. The summed E-state index contributed by atoms with van der Waals surface area (Å²) in [5, 5.41) is 9.27. The molecule has 15 heavy (non-hydrogen) atoms. The SMILES string of the molecule is BCCC[C@@H]1CCCCC[C@@]1(N)C(=O)O. The Morgan fingerprint density at radius 2 is 2.20 bits per heavy atom. The minimum Gasteiger partial charge on any atom is -0.480 e. The van der Waals surface area contributed by atoms with E-state index < -0.39 is 11.5 Å². The first-order valence-electron chi connectivity index (χ1n) is 6.13. The summed E-state index contributed by atoms with van der Waals surface area (Å²) in [4.78, 5) is 11.3. The molecule has 86 valence electrons. The van der Waals surface area contributed by atoms with E-state index in [1.54, 1.807) is 0 Å². The fourth-order valence-corrected chi connectivity index (χ4v) is 2.58. The lowest BCUT2D eigenvalue weighted by Crippen LogP contribution is -2.53. The molecule has 3 nitrogen and oxygen atoms in total. The lowest BCUT2D eigenvalue weighted by Gasteiger charge is -2.32. The molecule has 2 atom stereocenters. The van der Waals surface area contributed by atoms with Crippen LogP contribution in [0.1, 0.15) is 44.9 Å². The van der Waals surface area contributed by atoms with Gasteiger partial charge in [-0.05, 0) is 25.2 Å². The predicted octanol–water partition coefficient (Wildman–Crippen LogP) is 1.18. The molecule has 1 rings (SSSR count). The number of carbonyl (C=O) groups is 1. The molecule has 0 radical (unpaired) electrons. The summed E-state index contributed by atoms with van der Waals surface area (Å²) in [7, 11) is 2.13. The number of nitrogens with two attached hydrogens (primary N) is 1. The van der Waals surface area contributed by atoms with Crippen molar-refractivity contribution in [3.63, 3.8) is 0 Å². The van der Waals surface area contributed by atoms with Crippen molar-refractivity contribution in [2.45, 2.75) is 56.8 Å². The van der Waals surface area contributed by atoms with Gasteiger partial charge in [-0.2, -0.15) is 0 Å². The first-order chi connectivity index (χ1) is 7.11. The van der Waals surface area contributed by atoms with E-state index in [-0.39, 0.29) is 5.92 Å². The third-order valence-corrected chi connectivity index (χ3v) is 3.68. The fraction of sp³-hybridized carbons (Fsp3) is 0.909. The predicted molar refractivity (Wildman–Crippen MR) is 63.7 cm³/mol. The zero-order chi connectivity index (χ0) is 11.3. The van der Waals surface area contributed by atoms with Gasteiger partial charge in [-0.25, -0.2) is 0 Å². The number of aliphatic carboxylic acids is 1. The highest BCUT2D eigenvalue weighted by atomic mass is 16.4. The van der Waals surface area contributed by atoms with Crippen LogP contribution in [0.15, 0.2) is 0 Å². The van der Waals surface area contributed by atoms with Crippen LogP contribution < -0.4 is 5.73 Å². The smallest absolute Gasteiger partial charge is 0.323 e. The van der Waals surface area contributed by atoms with Gasteiger partial charge in [-0.1, -0.05) is 32.0 Å². The Hall–Kier alpha value is -0.505. The summed E-state index contributed by atoms with van der Waals surface area (Å²) in [6.07, 6.45) is 8.06. The van der Waals surface area contributed by atoms with Gasteiger partial charge in [-0.3, -0.25) is 4.79 Å². The first kappa shape index (κ1) is 12.6. The maximum absolute atomic E-state index is 11.3. The van der Waals surface area contributed by atoms with Crippen molar-refractivity contribution in [3.8, 4) is 0 Å². The van der Waals surface area contributed by atoms with E-state index in [9.17, 15) is 9.90 Å². The van der Waals surface area contributed by atoms with E-state index in [2.05, 4.69) is 7.85 Å². The lowest BCUT2D eigenvalue weighted by molar-refractivity contribution is -0.146. The highest BCUT2D eigenvalue weighted by Crippen LogP contribution is 2.34. The van der Waals surface area contributed by atoms with Crippen LogP contribution >= 0.6 is 0 Å². The van der Waals surface area contributed by atoms with Gasteiger partial charge in [0, 0.05) is 0 Å². The van der Waals surface area contributed by atoms with Crippen molar-refractivity contribution in [1.82, 2.24) is 0 Å².